The molecule has 0 heterocycles. The average Bonchev–Trinajstić information content (AvgIpc) is 2.16. The quantitative estimate of drug-likeness (QED) is 0.858. The van der Waals surface area contributed by atoms with Gasteiger partial charge in [0, 0.05) is 11.6 Å². The summed E-state index contributed by atoms with van der Waals surface area (Å²) in [7, 11) is 0. The summed E-state index contributed by atoms with van der Waals surface area (Å²) in [5.74, 6) is -1.38. The van der Waals surface area contributed by atoms with Crippen LogP contribution in [0.15, 0.2) is 24.3 Å². The summed E-state index contributed by atoms with van der Waals surface area (Å²) in [5.41, 5.74) is 6.28. The van der Waals surface area contributed by atoms with Crippen LogP contribution in [0.3, 0.4) is 0 Å². The van der Waals surface area contributed by atoms with Gasteiger partial charge in [-0.2, -0.15) is 0 Å². The fourth-order valence-electron chi connectivity index (χ4n) is 1.18. The molecule has 3 N–H and O–H groups in total. The molecular weight excluding hydrogens is 237 g/mol. The minimum atomic E-state index is -0.859. The standard InChI is InChI=1S/C10H12ClNO2.ClH/c11-9-3-1-7(2-4-9)5-8(6-12)10(13)14;/h1-4,8H,5-6,12H2,(H,13,14);1H. The number of halogens is 2. The highest BCUT2D eigenvalue weighted by Gasteiger charge is 2.15. The minimum Gasteiger partial charge on any atom is -0.481 e. The molecular formula is C10H13Cl2NO2. The van der Waals surface area contributed by atoms with Gasteiger partial charge in [0.1, 0.15) is 0 Å². The first-order valence-corrected chi connectivity index (χ1v) is 4.68. The van der Waals surface area contributed by atoms with E-state index in [0.29, 0.717) is 11.4 Å². The Kier molecular flexibility index (Phi) is 6.32. The number of carboxylic acid groups (broad SMARTS) is 1. The molecule has 0 saturated carbocycles. The van der Waals surface area contributed by atoms with Crippen molar-refractivity contribution in [2.45, 2.75) is 6.42 Å². The Morgan fingerprint density at radius 1 is 1.40 bits per heavy atom. The van der Waals surface area contributed by atoms with Crippen LogP contribution in [0.1, 0.15) is 5.56 Å². The SMILES string of the molecule is Cl.NCC(Cc1ccc(Cl)cc1)C(=O)O. The molecule has 1 aromatic carbocycles. The van der Waals surface area contributed by atoms with Gasteiger partial charge in [0.05, 0.1) is 5.92 Å². The summed E-state index contributed by atoms with van der Waals surface area (Å²) in [6.07, 6.45) is 0.447. The number of carbonyl (C=O) groups is 1. The van der Waals surface area contributed by atoms with Crippen LogP contribution in [0.4, 0.5) is 0 Å². The van der Waals surface area contributed by atoms with E-state index in [1.165, 1.54) is 0 Å². The third kappa shape index (κ3) is 4.51. The zero-order valence-corrected chi connectivity index (χ0v) is 9.59. The normalized spacial score (nSPS) is 11.6. The maximum absolute atomic E-state index is 10.7. The minimum absolute atomic E-state index is 0. The molecule has 84 valence electrons. The van der Waals surface area contributed by atoms with Gasteiger partial charge in [0.15, 0.2) is 0 Å². The molecule has 0 bridgehead atoms. The summed E-state index contributed by atoms with van der Waals surface area (Å²) < 4.78 is 0. The lowest BCUT2D eigenvalue weighted by molar-refractivity contribution is -0.141. The van der Waals surface area contributed by atoms with E-state index in [2.05, 4.69) is 0 Å². The second kappa shape index (κ2) is 6.67. The van der Waals surface area contributed by atoms with Crippen LogP contribution in [0, 0.1) is 5.92 Å². The lowest BCUT2D eigenvalue weighted by Gasteiger charge is -2.09. The van der Waals surface area contributed by atoms with Crippen LogP contribution in [0.5, 0.6) is 0 Å². The van der Waals surface area contributed by atoms with Crippen LogP contribution in [-0.2, 0) is 11.2 Å². The Morgan fingerprint density at radius 3 is 2.33 bits per heavy atom. The van der Waals surface area contributed by atoms with Crippen molar-refractivity contribution < 1.29 is 9.90 Å². The van der Waals surface area contributed by atoms with E-state index < -0.39 is 11.9 Å². The van der Waals surface area contributed by atoms with Crippen LogP contribution in [-0.4, -0.2) is 17.6 Å². The topological polar surface area (TPSA) is 63.3 Å². The van der Waals surface area contributed by atoms with Crippen molar-refractivity contribution in [3.8, 4) is 0 Å². The Bertz CT molecular complexity index is 314. The zero-order chi connectivity index (χ0) is 10.6. The highest BCUT2D eigenvalue weighted by molar-refractivity contribution is 6.30. The first-order valence-electron chi connectivity index (χ1n) is 4.31. The van der Waals surface area contributed by atoms with E-state index in [4.69, 9.17) is 22.4 Å². The van der Waals surface area contributed by atoms with Crippen LogP contribution < -0.4 is 5.73 Å². The van der Waals surface area contributed by atoms with E-state index in [0.717, 1.165) is 5.56 Å². The van der Waals surface area contributed by atoms with Gasteiger partial charge in [-0.3, -0.25) is 4.79 Å². The van der Waals surface area contributed by atoms with Crippen molar-refractivity contribution in [1.29, 1.82) is 0 Å². The molecule has 0 aliphatic carbocycles. The van der Waals surface area contributed by atoms with Gasteiger partial charge in [0.25, 0.3) is 0 Å². The molecule has 3 nitrogen and oxygen atoms in total. The van der Waals surface area contributed by atoms with Crippen molar-refractivity contribution in [3.05, 3.63) is 34.9 Å². The number of rotatable bonds is 4. The smallest absolute Gasteiger partial charge is 0.308 e. The Labute approximate surface area is 99.6 Å². The second-order valence-corrected chi connectivity index (χ2v) is 3.54. The first kappa shape index (κ1) is 14.2. The molecule has 0 aliphatic heterocycles. The van der Waals surface area contributed by atoms with Crippen molar-refractivity contribution in [2.24, 2.45) is 11.7 Å². The number of hydrogen-bond donors (Lipinski definition) is 2. The molecule has 15 heavy (non-hydrogen) atoms. The monoisotopic (exact) mass is 249 g/mol. The molecule has 0 radical (unpaired) electrons. The van der Waals surface area contributed by atoms with Crippen molar-refractivity contribution in [1.82, 2.24) is 0 Å². The van der Waals surface area contributed by atoms with Gasteiger partial charge in [-0.1, -0.05) is 23.7 Å². The van der Waals surface area contributed by atoms with Crippen molar-refractivity contribution in [2.75, 3.05) is 6.54 Å². The summed E-state index contributed by atoms with van der Waals surface area (Å²) in [6, 6.07) is 7.11. The fraction of sp³-hybridized carbons (Fsp3) is 0.300. The molecule has 0 fully saturated rings. The average molecular weight is 250 g/mol. The van der Waals surface area contributed by atoms with Crippen molar-refractivity contribution in [3.63, 3.8) is 0 Å². The molecule has 1 rings (SSSR count). The Morgan fingerprint density at radius 2 is 1.93 bits per heavy atom. The summed E-state index contributed by atoms with van der Waals surface area (Å²) in [6.45, 7) is 0.151. The van der Waals surface area contributed by atoms with Gasteiger partial charge in [-0.25, -0.2) is 0 Å². The zero-order valence-electron chi connectivity index (χ0n) is 8.02. The molecule has 1 atom stereocenters. The highest BCUT2D eigenvalue weighted by atomic mass is 35.5. The van der Waals surface area contributed by atoms with Gasteiger partial charge >= 0.3 is 5.97 Å². The maximum Gasteiger partial charge on any atom is 0.308 e. The molecule has 1 unspecified atom stereocenters. The molecule has 0 amide bonds. The second-order valence-electron chi connectivity index (χ2n) is 3.10. The first-order chi connectivity index (χ1) is 6.63. The molecule has 0 spiro atoms. The number of benzene rings is 1. The summed E-state index contributed by atoms with van der Waals surface area (Å²) >= 11 is 5.70. The number of nitrogens with two attached hydrogens (primary N) is 1. The van der Waals surface area contributed by atoms with E-state index in [-0.39, 0.29) is 19.0 Å². The third-order valence-corrected chi connectivity index (χ3v) is 2.28. The molecule has 0 aliphatic rings. The highest BCUT2D eigenvalue weighted by Crippen LogP contribution is 2.13. The molecule has 5 heteroatoms. The van der Waals surface area contributed by atoms with E-state index in [9.17, 15) is 4.79 Å². The summed E-state index contributed by atoms with van der Waals surface area (Å²) in [5, 5.41) is 9.43. The third-order valence-electron chi connectivity index (χ3n) is 2.03. The van der Waals surface area contributed by atoms with E-state index >= 15 is 0 Å². The Balaban J connectivity index is 0.00000196. The number of aliphatic carboxylic acids is 1. The molecule has 0 aromatic heterocycles. The summed E-state index contributed by atoms with van der Waals surface area (Å²) in [4.78, 5) is 10.7. The van der Waals surface area contributed by atoms with Gasteiger partial charge in [-0.15, -0.1) is 12.4 Å². The lowest BCUT2D eigenvalue weighted by atomic mass is 10.00. The fourth-order valence-corrected chi connectivity index (χ4v) is 1.30. The number of hydrogen-bond acceptors (Lipinski definition) is 2. The van der Waals surface area contributed by atoms with Crippen molar-refractivity contribution >= 4 is 30.0 Å². The predicted molar refractivity (Wildman–Crippen MR) is 62.6 cm³/mol. The predicted octanol–water partition coefficient (Wildman–Crippen LogP) is 1.96. The van der Waals surface area contributed by atoms with E-state index in [1.807, 2.05) is 12.1 Å². The van der Waals surface area contributed by atoms with E-state index in [1.54, 1.807) is 12.1 Å². The lowest BCUT2D eigenvalue weighted by Crippen LogP contribution is -2.25. The molecule has 1 aromatic rings. The van der Waals surface area contributed by atoms with Crippen LogP contribution in [0.2, 0.25) is 5.02 Å². The Hall–Kier alpha value is -0.770. The largest absolute Gasteiger partial charge is 0.481 e. The maximum atomic E-state index is 10.7. The molecule has 0 saturated heterocycles. The van der Waals surface area contributed by atoms with Gasteiger partial charge in [0.2, 0.25) is 0 Å². The van der Waals surface area contributed by atoms with Gasteiger partial charge in [-0.05, 0) is 24.1 Å². The number of carboxylic acids is 1. The van der Waals surface area contributed by atoms with Crippen LogP contribution >= 0.6 is 24.0 Å². The van der Waals surface area contributed by atoms with Gasteiger partial charge < -0.3 is 10.8 Å². The van der Waals surface area contributed by atoms with Crippen LogP contribution in [0.25, 0.3) is 0 Å².